The molecule has 2 N–H and O–H groups in total. The van der Waals surface area contributed by atoms with E-state index in [1.165, 1.54) is 0 Å². The van der Waals surface area contributed by atoms with Crippen LogP contribution < -0.4 is 5.32 Å². The van der Waals surface area contributed by atoms with E-state index in [2.05, 4.69) is 10.3 Å². The van der Waals surface area contributed by atoms with Crippen molar-refractivity contribution in [1.82, 2.24) is 10.3 Å². The zero-order valence-corrected chi connectivity index (χ0v) is 9.84. The fourth-order valence-corrected chi connectivity index (χ4v) is 1.62. The largest absolute Gasteiger partial charge is 0.508 e. The molecule has 0 radical (unpaired) electrons. The smallest absolute Gasteiger partial charge is 0.224 e. The van der Waals surface area contributed by atoms with Gasteiger partial charge in [-0.25, -0.2) is 0 Å². The van der Waals surface area contributed by atoms with Gasteiger partial charge in [-0.2, -0.15) is 0 Å². The molecule has 0 bridgehead atoms. The normalized spacial score (nSPS) is 10.0. The number of hydrogen-bond acceptors (Lipinski definition) is 3. The second-order valence-electron chi connectivity index (χ2n) is 3.98. The fraction of sp³-hybridized carbons (Fsp3) is 0.143. The minimum absolute atomic E-state index is 0.0513. The Hall–Kier alpha value is -2.36. The van der Waals surface area contributed by atoms with Crippen LogP contribution >= 0.6 is 0 Å². The number of hydrogen-bond donors (Lipinski definition) is 2. The molecule has 0 aliphatic rings. The van der Waals surface area contributed by atoms with Crippen LogP contribution in [0.1, 0.15) is 11.1 Å². The lowest BCUT2D eigenvalue weighted by molar-refractivity contribution is -0.120. The molecule has 0 aliphatic heterocycles. The zero-order chi connectivity index (χ0) is 12.8. The molecule has 92 valence electrons. The highest BCUT2D eigenvalue weighted by molar-refractivity contribution is 5.78. The first kappa shape index (κ1) is 12.1. The summed E-state index contributed by atoms with van der Waals surface area (Å²) < 4.78 is 0. The number of carbonyl (C=O) groups excluding carboxylic acids is 1. The zero-order valence-electron chi connectivity index (χ0n) is 9.84. The van der Waals surface area contributed by atoms with E-state index in [4.69, 9.17) is 0 Å². The average molecular weight is 242 g/mol. The molecule has 0 atom stereocenters. The predicted octanol–water partition coefficient (Wildman–Crippen LogP) is 1.65. The molecule has 18 heavy (non-hydrogen) atoms. The number of phenolic OH excluding ortho intramolecular Hbond substituents is 1. The molecule has 0 aliphatic carbocycles. The van der Waals surface area contributed by atoms with Crippen LogP contribution in [0.15, 0.2) is 48.8 Å². The summed E-state index contributed by atoms with van der Waals surface area (Å²) in [6.45, 7) is 0.415. The number of benzene rings is 1. The van der Waals surface area contributed by atoms with Crippen molar-refractivity contribution in [1.29, 1.82) is 0 Å². The summed E-state index contributed by atoms with van der Waals surface area (Å²) in [5.74, 6) is 0.153. The number of nitrogens with one attached hydrogen (secondary N) is 1. The molecule has 0 saturated carbocycles. The van der Waals surface area contributed by atoms with E-state index < -0.39 is 0 Å². The van der Waals surface area contributed by atoms with Crippen LogP contribution in [0.25, 0.3) is 0 Å². The van der Waals surface area contributed by atoms with Gasteiger partial charge in [-0.15, -0.1) is 0 Å². The first-order valence-electron chi connectivity index (χ1n) is 5.67. The van der Waals surface area contributed by atoms with Crippen LogP contribution in [0.2, 0.25) is 0 Å². The Bertz CT molecular complexity index is 526. The standard InChI is InChI=1S/C14H14N2O2/c17-13-3-1-2-12(8-13)10-16-14(18)9-11-4-6-15-7-5-11/h1-8,17H,9-10H2,(H,16,18). The lowest BCUT2D eigenvalue weighted by Gasteiger charge is -2.05. The maximum atomic E-state index is 11.7. The maximum Gasteiger partial charge on any atom is 0.224 e. The lowest BCUT2D eigenvalue weighted by atomic mass is 10.2. The van der Waals surface area contributed by atoms with Gasteiger partial charge in [0.15, 0.2) is 0 Å². The molecule has 1 heterocycles. The van der Waals surface area contributed by atoms with Crippen LogP contribution in [0, 0.1) is 0 Å². The molecule has 0 saturated heterocycles. The van der Waals surface area contributed by atoms with Crippen LogP contribution in [-0.4, -0.2) is 16.0 Å². The summed E-state index contributed by atoms with van der Waals surface area (Å²) >= 11 is 0. The first-order chi connectivity index (χ1) is 8.74. The van der Waals surface area contributed by atoms with Crippen molar-refractivity contribution in [2.24, 2.45) is 0 Å². The van der Waals surface area contributed by atoms with E-state index in [9.17, 15) is 9.90 Å². The van der Waals surface area contributed by atoms with Crippen molar-refractivity contribution in [3.05, 3.63) is 59.9 Å². The van der Waals surface area contributed by atoms with Crippen molar-refractivity contribution in [3.63, 3.8) is 0 Å². The van der Waals surface area contributed by atoms with Gasteiger partial charge in [-0.3, -0.25) is 9.78 Å². The molecule has 0 fully saturated rings. The number of carbonyl (C=O) groups is 1. The summed E-state index contributed by atoms with van der Waals surface area (Å²) in [6, 6.07) is 10.5. The number of nitrogens with zero attached hydrogens (tertiary/aromatic N) is 1. The molecular formula is C14H14N2O2. The van der Waals surface area contributed by atoms with E-state index >= 15 is 0 Å². The van der Waals surface area contributed by atoms with E-state index in [-0.39, 0.29) is 11.7 Å². The van der Waals surface area contributed by atoms with Gasteiger partial charge < -0.3 is 10.4 Å². The Morgan fingerprint density at radius 1 is 1.17 bits per heavy atom. The predicted molar refractivity (Wildman–Crippen MR) is 67.9 cm³/mol. The highest BCUT2D eigenvalue weighted by Gasteiger charge is 2.03. The molecule has 2 rings (SSSR count). The summed E-state index contributed by atoms with van der Waals surface area (Å²) in [7, 11) is 0. The van der Waals surface area contributed by atoms with E-state index in [0.29, 0.717) is 13.0 Å². The minimum Gasteiger partial charge on any atom is -0.508 e. The van der Waals surface area contributed by atoms with Crippen LogP contribution in [-0.2, 0) is 17.8 Å². The monoisotopic (exact) mass is 242 g/mol. The molecule has 4 nitrogen and oxygen atoms in total. The van der Waals surface area contributed by atoms with Gasteiger partial charge in [-0.1, -0.05) is 12.1 Å². The molecule has 0 spiro atoms. The Kier molecular flexibility index (Phi) is 3.91. The topological polar surface area (TPSA) is 62.2 Å². The van der Waals surface area contributed by atoms with E-state index in [1.807, 2.05) is 18.2 Å². The SMILES string of the molecule is O=C(Cc1ccncc1)NCc1cccc(O)c1. The third kappa shape index (κ3) is 3.59. The second-order valence-corrected chi connectivity index (χ2v) is 3.98. The van der Waals surface area contributed by atoms with Crippen molar-refractivity contribution < 1.29 is 9.90 Å². The Labute approximate surface area is 105 Å². The van der Waals surface area contributed by atoms with Gasteiger partial charge in [0.25, 0.3) is 0 Å². The van der Waals surface area contributed by atoms with Gasteiger partial charge in [0, 0.05) is 18.9 Å². The van der Waals surface area contributed by atoms with Crippen LogP contribution in [0.3, 0.4) is 0 Å². The summed E-state index contributed by atoms with van der Waals surface area (Å²) in [4.78, 5) is 15.6. The highest BCUT2D eigenvalue weighted by atomic mass is 16.3. The first-order valence-corrected chi connectivity index (χ1v) is 5.67. The number of phenols is 1. The highest BCUT2D eigenvalue weighted by Crippen LogP contribution is 2.10. The number of aromatic nitrogens is 1. The molecule has 1 aromatic heterocycles. The Balaban J connectivity index is 1.85. The van der Waals surface area contributed by atoms with Crippen LogP contribution in [0.4, 0.5) is 0 Å². The van der Waals surface area contributed by atoms with E-state index in [1.54, 1.807) is 30.6 Å². The summed E-state index contributed by atoms with van der Waals surface area (Å²) in [5, 5.41) is 12.1. The number of rotatable bonds is 4. The van der Waals surface area contributed by atoms with Gasteiger partial charge >= 0.3 is 0 Å². The molecule has 1 aromatic carbocycles. The third-order valence-electron chi connectivity index (χ3n) is 2.51. The van der Waals surface area contributed by atoms with Gasteiger partial charge in [-0.05, 0) is 35.4 Å². The summed E-state index contributed by atoms with van der Waals surface area (Å²) in [6.07, 6.45) is 3.66. The van der Waals surface area contributed by atoms with Gasteiger partial charge in [0.2, 0.25) is 5.91 Å². The fourth-order valence-electron chi connectivity index (χ4n) is 1.62. The van der Waals surface area contributed by atoms with Gasteiger partial charge in [0.05, 0.1) is 6.42 Å². The molecule has 2 aromatic rings. The van der Waals surface area contributed by atoms with Crippen molar-refractivity contribution in [2.45, 2.75) is 13.0 Å². The van der Waals surface area contributed by atoms with Crippen molar-refractivity contribution in [3.8, 4) is 5.75 Å². The molecule has 0 unspecified atom stereocenters. The summed E-state index contributed by atoms with van der Waals surface area (Å²) in [5.41, 5.74) is 1.80. The number of pyridine rings is 1. The Morgan fingerprint density at radius 2 is 1.94 bits per heavy atom. The quantitative estimate of drug-likeness (QED) is 0.856. The molecule has 4 heteroatoms. The Morgan fingerprint density at radius 3 is 2.67 bits per heavy atom. The number of aromatic hydroxyl groups is 1. The van der Waals surface area contributed by atoms with E-state index in [0.717, 1.165) is 11.1 Å². The average Bonchev–Trinajstić information content (AvgIpc) is 2.38. The lowest BCUT2D eigenvalue weighted by Crippen LogP contribution is -2.24. The number of amides is 1. The maximum absolute atomic E-state index is 11.7. The van der Waals surface area contributed by atoms with Crippen molar-refractivity contribution >= 4 is 5.91 Å². The second kappa shape index (κ2) is 5.82. The molecular weight excluding hydrogens is 228 g/mol. The minimum atomic E-state index is -0.0513. The van der Waals surface area contributed by atoms with Crippen LogP contribution in [0.5, 0.6) is 5.75 Å². The van der Waals surface area contributed by atoms with Crippen molar-refractivity contribution in [2.75, 3.05) is 0 Å². The third-order valence-corrected chi connectivity index (χ3v) is 2.51. The van der Waals surface area contributed by atoms with Gasteiger partial charge in [0.1, 0.15) is 5.75 Å². The molecule has 1 amide bonds.